The number of benzene rings is 1. The molecule has 18 heavy (non-hydrogen) atoms. The molecule has 0 radical (unpaired) electrons. The zero-order valence-corrected chi connectivity index (χ0v) is 11.5. The lowest BCUT2D eigenvalue weighted by atomic mass is 9.88. The van der Waals surface area contributed by atoms with Gasteiger partial charge in [0.15, 0.2) is 0 Å². The van der Waals surface area contributed by atoms with Crippen molar-refractivity contribution in [3.63, 3.8) is 0 Å². The number of nitrogens with two attached hydrogens (primary N) is 1. The van der Waals surface area contributed by atoms with Gasteiger partial charge in [-0.15, -0.1) is 0 Å². The van der Waals surface area contributed by atoms with Crippen molar-refractivity contribution in [3.05, 3.63) is 28.8 Å². The summed E-state index contributed by atoms with van der Waals surface area (Å²) >= 11 is 6.17. The van der Waals surface area contributed by atoms with Crippen LogP contribution in [0.25, 0.3) is 0 Å². The molecule has 0 amide bonds. The number of ether oxygens (including phenoxy) is 1. The van der Waals surface area contributed by atoms with E-state index in [1.54, 1.807) is 7.11 Å². The van der Waals surface area contributed by atoms with Crippen LogP contribution in [0, 0.1) is 0 Å². The summed E-state index contributed by atoms with van der Waals surface area (Å²) in [5, 5.41) is 0.629. The van der Waals surface area contributed by atoms with E-state index >= 15 is 0 Å². The quantitative estimate of drug-likeness (QED) is 0.782. The molecule has 1 aliphatic rings. The molecule has 2 rings (SSSR count). The molecule has 4 N–H and O–H groups in total. The molecule has 1 saturated heterocycles. The first kappa shape index (κ1) is 13.6. The van der Waals surface area contributed by atoms with Crippen LogP contribution in [0.3, 0.4) is 0 Å². The maximum absolute atomic E-state index is 6.17. The molecule has 1 aromatic rings. The van der Waals surface area contributed by atoms with Crippen molar-refractivity contribution in [2.24, 2.45) is 5.73 Å². The Balaban J connectivity index is 2.25. The normalized spacial score (nSPS) is 27.4. The van der Waals surface area contributed by atoms with Gasteiger partial charge in [-0.2, -0.15) is 0 Å². The monoisotopic (exact) mass is 269 g/mol. The predicted octanol–water partition coefficient (Wildman–Crippen LogP) is 1.99. The Morgan fingerprint density at radius 3 is 2.78 bits per heavy atom. The molecule has 0 spiro atoms. The smallest absolute Gasteiger partial charge is 0.137 e. The highest BCUT2D eigenvalue weighted by Crippen LogP contribution is 2.33. The number of halogens is 1. The average Bonchev–Trinajstić information content (AvgIpc) is 2.71. The predicted molar refractivity (Wildman–Crippen MR) is 73.7 cm³/mol. The van der Waals surface area contributed by atoms with E-state index in [1.807, 2.05) is 18.2 Å². The fourth-order valence-corrected chi connectivity index (χ4v) is 2.79. The van der Waals surface area contributed by atoms with Crippen molar-refractivity contribution in [1.29, 1.82) is 0 Å². The number of hydrazine groups is 1. The molecule has 1 aliphatic heterocycles. The average molecular weight is 270 g/mol. The first-order valence-corrected chi connectivity index (χ1v) is 6.65. The summed E-state index contributed by atoms with van der Waals surface area (Å²) in [6, 6.07) is 6.22. The van der Waals surface area contributed by atoms with Gasteiger partial charge in [-0.05, 0) is 24.1 Å². The van der Waals surface area contributed by atoms with Crippen LogP contribution >= 0.6 is 11.6 Å². The Morgan fingerprint density at radius 1 is 1.39 bits per heavy atom. The number of hydrogen-bond donors (Lipinski definition) is 3. The SMILES string of the molecule is CCCC1NNC(N)C1c1ccc(OC)c(Cl)c1. The molecule has 1 fully saturated rings. The van der Waals surface area contributed by atoms with Gasteiger partial charge in [-0.1, -0.05) is 31.0 Å². The van der Waals surface area contributed by atoms with Crippen LogP contribution in [0.4, 0.5) is 0 Å². The minimum Gasteiger partial charge on any atom is -0.495 e. The van der Waals surface area contributed by atoms with Crippen molar-refractivity contribution < 1.29 is 4.74 Å². The summed E-state index contributed by atoms with van der Waals surface area (Å²) < 4.78 is 5.17. The van der Waals surface area contributed by atoms with Gasteiger partial charge in [0, 0.05) is 12.0 Å². The van der Waals surface area contributed by atoms with Crippen LogP contribution in [0.1, 0.15) is 31.2 Å². The van der Waals surface area contributed by atoms with Crippen LogP contribution in [0.2, 0.25) is 5.02 Å². The summed E-state index contributed by atoms with van der Waals surface area (Å²) in [6.45, 7) is 2.17. The van der Waals surface area contributed by atoms with E-state index < -0.39 is 0 Å². The lowest BCUT2D eigenvalue weighted by Gasteiger charge is -2.21. The first-order valence-electron chi connectivity index (χ1n) is 6.27. The lowest BCUT2D eigenvalue weighted by Crippen LogP contribution is -2.38. The van der Waals surface area contributed by atoms with E-state index in [9.17, 15) is 0 Å². The van der Waals surface area contributed by atoms with Crippen LogP contribution in [0.15, 0.2) is 18.2 Å². The van der Waals surface area contributed by atoms with E-state index in [4.69, 9.17) is 22.1 Å². The van der Waals surface area contributed by atoms with Gasteiger partial charge < -0.3 is 10.5 Å². The van der Waals surface area contributed by atoms with Crippen LogP contribution in [-0.4, -0.2) is 19.3 Å². The Morgan fingerprint density at radius 2 is 2.17 bits per heavy atom. The lowest BCUT2D eigenvalue weighted by molar-refractivity contribution is 0.414. The van der Waals surface area contributed by atoms with Gasteiger partial charge in [0.2, 0.25) is 0 Å². The van der Waals surface area contributed by atoms with Gasteiger partial charge in [0.25, 0.3) is 0 Å². The summed E-state index contributed by atoms with van der Waals surface area (Å²) in [7, 11) is 1.62. The van der Waals surface area contributed by atoms with E-state index in [0.29, 0.717) is 16.8 Å². The second kappa shape index (κ2) is 5.89. The van der Waals surface area contributed by atoms with Crippen molar-refractivity contribution >= 4 is 11.6 Å². The van der Waals surface area contributed by atoms with Crippen LogP contribution < -0.4 is 21.3 Å². The fraction of sp³-hybridized carbons (Fsp3) is 0.538. The van der Waals surface area contributed by atoms with E-state index in [2.05, 4.69) is 17.8 Å². The maximum Gasteiger partial charge on any atom is 0.137 e. The molecular formula is C13H20ClN3O. The highest BCUT2D eigenvalue weighted by molar-refractivity contribution is 6.32. The standard InChI is InChI=1S/C13H20ClN3O/c1-3-4-10-12(13(15)17-16-10)8-5-6-11(18-2)9(14)7-8/h5-7,10,12-13,16-17H,3-4,15H2,1-2H3. The Hall–Kier alpha value is -0.810. The van der Waals surface area contributed by atoms with Crippen molar-refractivity contribution in [2.45, 2.75) is 37.9 Å². The summed E-state index contributed by atoms with van der Waals surface area (Å²) in [4.78, 5) is 0. The fourth-order valence-electron chi connectivity index (χ4n) is 2.53. The molecule has 3 atom stereocenters. The third kappa shape index (κ3) is 2.62. The molecule has 1 heterocycles. The molecule has 0 saturated carbocycles. The number of methoxy groups -OCH3 is 1. The first-order chi connectivity index (χ1) is 8.67. The highest BCUT2D eigenvalue weighted by Gasteiger charge is 2.34. The van der Waals surface area contributed by atoms with Crippen molar-refractivity contribution in [2.75, 3.05) is 7.11 Å². The molecular weight excluding hydrogens is 250 g/mol. The molecule has 0 bridgehead atoms. The van der Waals surface area contributed by atoms with Crippen LogP contribution in [0.5, 0.6) is 5.75 Å². The molecule has 3 unspecified atom stereocenters. The zero-order chi connectivity index (χ0) is 13.1. The number of hydrogen-bond acceptors (Lipinski definition) is 4. The van der Waals surface area contributed by atoms with E-state index in [-0.39, 0.29) is 12.1 Å². The van der Waals surface area contributed by atoms with Gasteiger partial charge in [0.1, 0.15) is 5.75 Å². The summed E-state index contributed by atoms with van der Waals surface area (Å²) in [6.07, 6.45) is 2.10. The van der Waals surface area contributed by atoms with Gasteiger partial charge in [-0.25, -0.2) is 5.43 Å². The van der Waals surface area contributed by atoms with Gasteiger partial charge >= 0.3 is 0 Å². The number of nitrogens with one attached hydrogen (secondary N) is 2. The van der Waals surface area contributed by atoms with E-state index in [1.165, 1.54) is 0 Å². The summed E-state index contributed by atoms with van der Waals surface area (Å²) in [5.41, 5.74) is 13.6. The molecule has 0 aromatic heterocycles. The number of rotatable bonds is 4. The minimum atomic E-state index is -0.0917. The Bertz CT molecular complexity index is 411. The van der Waals surface area contributed by atoms with Gasteiger partial charge in [0.05, 0.1) is 18.3 Å². The second-order valence-electron chi connectivity index (χ2n) is 4.63. The van der Waals surface area contributed by atoms with E-state index in [0.717, 1.165) is 18.4 Å². The Labute approximate surface area is 113 Å². The largest absolute Gasteiger partial charge is 0.495 e. The maximum atomic E-state index is 6.17. The molecule has 0 aliphatic carbocycles. The highest BCUT2D eigenvalue weighted by atomic mass is 35.5. The third-order valence-corrected chi connectivity index (χ3v) is 3.71. The summed E-state index contributed by atoms with van der Waals surface area (Å²) in [5.74, 6) is 0.924. The van der Waals surface area contributed by atoms with Crippen molar-refractivity contribution in [1.82, 2.24) is 10.9 Å². The Kier molecular flexibility index (Phi) is 4.45. The second-order valence-corrected chi connectivity index (χ2v) is 5.04. The van der Waals surface area contributed by atoms with Gasteiger partial charge in [-0.3, -0.25) is 5.43 Å². The third-order valence-electron chi connectivity index (χ3n) is 3.42. The minimum absolute atomic E-state index is 0.0917. The zero-order valence-electron chi connectivity index (χ0n) is 10.7. The molecule has 4 nitrogen and oxygen atoms in total. The molecule has 5 heteroatoms. The van der Waals surface area contributed by atoms with Crippen molar-refractivity contribution in [3.8, 4) is 5.75 Å². The topological polar surface area (TPSA) is 59.3 Å². The molecule has 1 aromatic carbocycles. The van der Waals surface area contributed by atoms with Crippen LogP contribution in [-0.2, 0) is 0 Å². The molecule has 100 valence electrons.